The Hall–Kier alpha value is -1.10. The van der Waals surface area contributed by atoms with E-state index in [9.17, 15) is 4.79 Å². The second-order valence-electron chi connectivity index (χ2n) is 3.58. The summed E-state index contributed by atoms with van der Waals surface area (Å²) in [5.41, 5.74) is 0.200. The first kappa shape index (κ1) is 10.4. The predicted octanol–water partition coefficient (Wildman–Crippen LogP) is 2.16. The zero-order valence-electron chi connectivity index (χ0n) is 8.43. The highest BCUT2D eigenvalue weighted by atomic mass is 32.2. The fourth-order valence-electron chi connectivity index (χ4n) is 1.54. The third-order valence-electron chi connectivity index (χ3n) is 2.67. The van der Waals surface area contributed by atoms with Crippen LogP contribution < -0.4 is 0 Å². The number of aromatic nitrogens is 2. The van der Waals surface area contributed by atoms with E-state index in [1.54, 1.807) is 0 Å². The smallest absolute Gasteiger partial charge is 0.340 e. The molecular weight excluding hydrogens is 212 g/mol. The molecule has 5 heteroatoms. The summed E-state index contributed by atoms with van der Waals surface area (Å²) in [5.74, 6) is 0.286. The second-order valence-corrected chi connectivity index (χ2v) is 4.38. The van der Waals surface area contributed by atoms with E-state index < -0.39 is 5.97 Å². The van der Waals surface area contributed by atoms with Gasteiger partial charge in [-0.1, -0.05) is 6.42 Å². The zero-order chi connectivity index (χ0) is 10.8. The first-order chi connectivity index (χ1) is 7.22. The van der Waals surface area contributed by atoms with E-state index in [1.807, 2.05) is 6.26 Å². The summed E-state index contributed by atoms with van der Waals surface area (Å²) in [6.07, 6.45) is 6.73. The van der Waals surface area contributed by atoms with Gasteiger partial charge >= 0.3 is 5.97 Å². The molecule has 0 unspecified atom stereocenters. The van der Waals surface area contributed by atoms with E-state index in [-0.39, 0.29) is 5.56 Å². The first-order valence-electron chi connectivity index (χ1n) is 4.86. The van der Waals surface area contributed by atoms with Gasteiger partial charge in [0.05, 0.1) is 0 Å². The van der Waals surface area contributed by atoms with E-state index >= 15 is 0 Å². The molecule has 0 aliphatic heterocycles. The molecule has 0 radical (unpaired) electrons. The number of carboxylic acids is 1. The Bertz CT molecular complexity index is 391. The van der Waals surface area contributed by atoms with E-state index in [0.29, 0.717) is 10.9 Å². The third kappa shape index (κ3) is 1.97. The fourth-order valence-corrected chi connectivity index (χ4v) is 2.09. The van der Waals surface area contributed by atoms with Crippen molar-refractivity contribution in [1.82, 2.24) is 9.97 Å². The summed E-state index contributed by atoms with van der Waals surface area (Å²) in [4.78, 5) is 19.3. The molecule has 80 valence electrons. The lowest BCUT2D eigenvalue weighted by atomic mass is 9.85. The minimum absolute atomic E-state index is 0.200. The largest absolute Gasteiger partial charge is 0.478 e. The number of hydrogen-bond donors (Lipinski definition) is 1. The fraction of sp³-hybridized carbons (Fsp3) is 0.500. The minimum atomic E-state index is -0.959. The molecule has 1 fully saturated rings. The van der Waals surface area contributed by atoms with E-state index in [0.717, 1.165) is 18.7 Å². The number of carbonyl (C=O) groups is 1. The molecule has 15 heavy (non-hydrogen) atoms. The van der Waals surface area contributed by atoms with Crippen LogP contribution in [-0.2, 0) is 0 Å². The van der Waals surface area contributed by atoms with Gasteiger partial charge in [-0.15, -0.1) is 11.8 Å². The molecule has 1 N–H and O–H groups in total. The monoisotopic (exact) mass is 224 g/mol. The first-order valence-corrected chi connectivity index (χ1v) is 6.09. The second kappa shape index (κ2) is 4.18. The highest BCUT2D eigenvalue weighted by Crippen LogP contribution is 2.35. The summed E-state index contributed by atoms with van der Waals surface area (Å²) in [6.45, 7) is 0. The number of hydrogen-bond acceptors (Lipinski definition) is 4. The molecule has 1 saturated carbocycles. The molecule has 0 saturated heterocycles. The molecule has 0 spiro atoms. The van der Waals surface area contributed by atoms with Gasteiger partial charge < -0.3 is 5.11 Å². The third-order valence-corrected chi connectivity index (χ3v) is 3.36. The lowest BCUT2D eigenvalue weighted by Crippen LogP contribution is -2.14. The molecule has 0 bridgehead atoms. The van der Waals surface area contributed by atoms with E-state index in [2.05, 4.69) is 9.97 Å². The zero-order valence-corrected chi connectivity index (χ0v) is 9.25. The molecule has 0 aromatic carbocycles. The molecule has 1 aromatic heterocycles. The van der Waals surface area contributed by atoms with Crippen LogP contribution in [0.25, 0.3) is 0 Å². The lowest BCUT2D eigenvalue weighted by Gasteiger charge is -2.23. The van der Waals surface area contributed by atoms with Gasteiger partial charge in [-0.2, -0.15) is 0 Å². The molecule has 1 heterocycles. The van der Waals surface area contributed by atoms with Gasteiger partial charge in [0.1, 0.15) is 16.4 Å². The van der Waals surface area contributed by atoms with Crippen molar-refractivity contribution in [2.75, 3.05) is 6.26 Å². The Morgan fingerprint density at radius 3 is 2.80 bits per heavy atom. The highest BCUT2D eigenvalue weighted by molar-refractivity contribution is 7.98. The van der Waals surface area contributed by atoms with Crippen LogP contribution >= 0.6 is 11.8 Å². The Morgan fingerprint density at radius 2 is 2.33 bits per heavy atom. The summed E-state index contributed by atoms with van der Waals surface area (Å²) in [6, 6.07) is 0. The van der Waals surface area contributed by atoms with Gasteiger partial charge in [0.25, 0.3) is 0 Å². The van der Waals surface area contributed by atoms with Crippen molar-refractivity contribution in [2.45, 2.75) is 30.2 Å². The van der Waals surface area contributed by atoms with Gasteiger partial charge in [0.15, 0.2) is 0 Å². The van der Waals surface area contributed by atoms with Crippen molar-refractivity contribution in [1.29, 1.82) is 0 Å². The Morgan fingerprint density at radius 1 is 1.60 bits per heavy atom. The normalized spacial score (nSPS) is 16.1. The average molecular weight is 224 g/mol. The van der Waals surface area contributed by atoms with Gasteiger partial charge in [0, 0.05) is 12.1 Å². The summed E-state index contributed by atoms with van der Waals surface area (Å²) in [5, 5.41) is 9.47. The van der Waals surface area contributed by atoms with Crippen LogP contribution in [0.4, 0.5) is 0 Å². The Balaban J connectivity index is 2.33. The van der Waals surface area contributed by atoms with Crippen LogP contribution in [0, 0.1) is 0 Å². The SMILES string of the molecule is CSc1nc(C2CCC2)ncc1C(=O)O. The van der Waals surface area contributed by atoms with Crippen molar-refractivity contribution < 1.29 is 9.90 Å². The maximum atomic E-state index is 10.9. The number of carboxylic acid groups (broad SMARTS) is 1. The van der Waals surface area contributed by atoms with Crippen LogP contribution in [0.5, 0.6) is 0 Å². The van der Waals surface area contributed by atoms with Crippen LogP contribution in [0.2, 0.25) is 0 Å². The van der Waals surface area contributed by atoms with Gasteiger partial charge in [-0.05, 0) is 19.1 Å². The summed E-state index contributed by atoms with van der Waals surface area (Å²) >= 11 is 1.36. The number of nitrogens with zero attached hydrogens (tertiary/aromatic N) is 2. The van der Waals surface area contributed by atoms with Gasteiger partial charge in [0.2, 0.25) is 0 Å². The van der Waals surface area contributed by atoms with Crippen molar-refractivity contribution in [2.24, 2.45) is 0 Å². The van der Waals surface area contributed by atoms with Crippen molar-refractivity contribution in [3.05, 3.63) is 17.6 Å². The van der Waals surface area contributed by atoms with E-state index in [4.69, 9.17) is 5.11 Å². The van der Waals surface area contributed by atoms with Crippen LogP contribution in [0.3, 0.4) is 0 Å². The molecule has 0 atom stereocenters. The summed E-state index contributed by atoms with van der Waals surface area (Å²) < 4.78 is 0. The number of rotatable bonds is 3. The molecule has 4 nitrogen and oxygen atoms in total. The molecule has 1 aliphatic carbocycles. The van der Waals surface area contributed by atoms with Crippen molar-refractivity contribution >= 4 is 17.7 Å². The number of thioether (sulfide) groups is 1. The molecular formula is C10H12N2O2S. The van der Waals surface area contributed by atoms with Gasteiger partial charge in [-0.25, -0.2) is 14.8 Å². The molecule has 2 rings (SSSR count). The maximum absolute atomic E-state index is 10.9. The van der Waals surface area contributed by atoms with Crippen molar-refractivity contribution in [3.8, 4) is 0 Å². The van der Waals surface area contributed by atoms with Crippen LogP contribution in [0.1, 0.15) is 41.4 Å². The molecule has 1 aromatic rings. The summed E-state index contributed by atoms with van der Waals surface area (Å²) in [7, 11) is 0. The quantitative estimate of drug-likeness (QED) is 0.629. The van der Waals surface area contributed by atoms with Gasteiger partial charge in [-0.3, -0.25) is 0 Å². The lowest BCUT2D eigenvalue weighted by molar-refractivity contribution is 0.0691. The average Bonchev–Trinajstić information content (AvgIpc) is 2.14. The Labute approximate surface area is 92.1 Å². The number of aromatic carboxylic acids is 1. The minimum Gasteiger partial charge on any atom is -0.478 e. The molecule has 1 aliphatic rings. The Kier molecular flexibility index (Phi) is 2.90. The topological polar surface area (TPSA) is 63.1 Å². The molecule has 0 amide bonds. The predicted molar refractivity (Wildman–Crippen MR) is 57.4 cm³/mol. The highest BCUT2D eigenvalue weighted by Gasteiger charge is 2.23. The van der Waals surface area contributed by atoms with Crippen LogP contribution in [-0.4, -0.2) is 27.3 Å². The van der Waals surface area contributed by atoms with E-state index in [1.165, 1.54) is 24.4 Å². The standard InChI is InChI=1S/C10H12N2O2S/c1-15-9-7(10(13)14)5-11-8(12-9)6-3-2-4-6/h5-6H,2-4H2,1H3,(H,13,14). The van der Waals surface area contributed by atoms with Crippen LogP contribution in [0.15, 0.2) is 11.2 Å². The maximum Gasteiger partial charge on any atom is 0.340 e. The van der Waals surface area contributed by atoms with Crippen molar-refractivity contribution in [3.63, 3.8) is 0 Å².